The van der Waals surface area contributed by atoms with Crippen LogP contribution in [0.1, 0.15) is 105 Å². The lowest BCUT2D eigenvalue weighted by Crippen LogP contribution is -2.44. The van der Waals surface area contributed by atoms with E-state index in [2.05, 4.69) is 6.92 Å². The fourth-order valence-electron chi connectivity index (χ4n) is 5.97. The number of unbranched alkanes of at least 4 members (excludes halogenated alkanes) is 7. The van der Waals surface area contributed by atoms with Crippen molar-refractivity contribution < 1.29 is 55.2 Å². The lowest BCUT2D eigenvalue weighted by Gasteiger charge is -2.36. The average molecular weight is 713 g/mol. The van der Waals surface area contributed by atoms with Crippen LogP contribution in [0.4, 0.5) is 26.3 Å². The molecule has 0 spiro atoms. The van der Waals surface area contributed by atoms with Crippen LogP contribution in [0.5, 0.6) is 5.75 Å². The third-order valence-corrected chi connectivity index (χ3v) is 8.64. The van der Waals surface area contributed by atoms with Gasteiger partial charge in [-0.25, -0.2) is 4.79 Å². The SMILES string of the molecule is CCCCCCCCOc1ccc(C2C=CC(C(=O)O)(c3ccccc3C(=O)OC(CCCCCOCC)C(F)(F)F)C(C(F)(F)F)=C2)cc1. The predicted octanol–water partition coefficient (Wildman–Crippen LogP) is 10.3. The maximum absolute atomic E-state index is 14.8. The minimum absolute atomic E-state index is 0.0442. The summed E-state index contributed by atoms with van der Waals surface area (Å²) in [6.07, 6.45) is -2.97. The van der Waals surface area contributed by atoms with Gasteiger partial charge in [-0.2, -0.15) is 26.3 Å². The van der Waals surface area contributed by atoms with Crippen molar-refractivity contribution in [3.63, 3.8) is 0 Å². The van der Waals surface area contributed by atoms with Crippen molar-refractivity contribution in [2.24, 2.45) is 0 Å². The molecule has 0 fully saturated rings. The number of carboxylic acid groups (broad SMARTS) is 1. The van der Waals surface area contributed by atoms with Gasteiger partial charge in [0.2, 0.25) is 0 Å². The van der Waals surface area contributed by atoms with Crippen LogP contribution >= 0.6 is 0 Å². The number of allylic oxidation sites excluding steroid dienone is 2. The summed E-state index contributed by atoms with van der Waals surface area (Å²) in [5, 5.41) is 10.4. The first-order valence-corrected chi connectivity index (χ1v) is 17.2. The first-order chi connectivity index (χ1) is 23.8. The number of esters is 1. The molecule has 3 rings (SSSR count). The molecule has 3 unspecified atom stereocenters. The van der Waals surface area contributed by atoms with Gasteiger partial charge in [0, 0.05) is 19.1 Å². The Morgan fingerprint density at radius 1 is 0.840 bits per heavy atom. The van der Waals surface area contributed by atoms with E-state index in [0.29, 0.717) is 44.0 Å². The lowest BCUT2D eigenvalue weighted by molar-refractivity contribution is -0.206. The smallest absolute Gasteiger partial charge is 0.425 e. The summed E-state index contributed by atoms with van der Waals surface area (Å²) in [5.74, 6) is -4.00. The molecule has 276 valence electrons. The van der Waals surface area contributed by atoms with Crippen LogP contribution in [0.15, 0.2) is 72.3 Å². The number of rotatable bonds is 20. The zero-order valence-electron chi connectivity index (χ0n) is 28.5. The third-order valence-electron chi connectivity index (χ3n) is 8.64. The molecule has 0 radical (unpaired) electrons. The Bertz CT molecular complexity index is 1430. The highest BCUT2D eigenvalue weighted by molar-refractivity contribution is 5.98. The second kappa shape index (κ2) is 19.0. The fourth-order valence-corrected chi connectivity index (χ4v) is 5.97. The molecule has 3 atom stereocenters. The quantitative estimate of drug-likeness (QED) is 0.0637. The zero-order valence-corrected chi connectivity index (χ0v) is 28.5. The molecule has 0 bridgehead atoms. The summed E-state index contributed by atoms with van der Waals surface area (Å²) in [5.41, 5.74) is -5.39. The third kappa shape index (κ3) is 11.1. The Balaban J connectivity index is 1.87. The van der Waals surface area contributed by atoms with Gasteiger partial charge in [-0.1, -0.05) is 94.0 Å². The van der Waals surface area contributed by atoms with Crippen LogP contribution < -0.4 is 4.74 Å². The molecule has 0 saturated carbocycles. The summed E-state index contributed by atoms with van der Waals surface area (Å²) >= 11 is 0. The molecule has 12 heteroatoms. The molecule has 0 saturated heterocycles. The van der Waals surface area contributed by atoms with Gasteiger partial charge in [-0.05, 0) is 61.9 Å². The molecule has 1 aliphatic carbocycles. The molecular formula is C38H46F6O6. The van der Waals surface area contributed by atoms with E-state index < -0.39 is 64.8 Å². The van der Waals surface area contributed by atoms with E-state index in [1.807, 2.05) is 0 Å². The van der Waals surface area contributed by atoms with Crippen LogP contribution in [0.25, 0.3) is 0 Å². The Morgan fingerprint density at radius 2 is 1.48 bits per heavy atom. The van der Waals surface area contributed by atoms with Gasteiger partial charge < -0.3 is 19.3 Å². The highest BCUT2D eigenvalue weighted by atomic mass is 19.4. The highest BCUT2D eigenvalue weighted by Crippen LogP contribution is 2.49. The Morgan fingerprint density at radius 3 is 2.12 bits per heavy atom. The van der Waals surface area contributed by atoms with Crippen molar-refractivity contribution in [1.29, 1.82) is 0 Å². The molecule has 1 N–H and O–H groups in total. The van der Waals surface area contributed by atoms with Gasteiger partial charge >= 0.3 is 24.3 Å². The molecule has 2 aromatic carbocycles. The largest absolute Gasteiger partial charge is 0.494 e. The summed E-state index contributed by atoms with van der Waals surface area (Å²) in [6, 6.07) is 10.8. The number of carboxylic acids is 1. The van der Waals surface area contributed by atoms with E-state index in [4.69, 9.17) is 14.2 Å². The van der Waals surface area contributed by atoms with E-state index >= 15 is 0 Å². The van der Waals surface area contributed by atoms with Gasteiger partial charge in [0.1, 0.15) is 11.2 Å². The van der Waals surface area contributed by atoms with Crippen LogP contribution in [-0.2, 0) is 19.7 Å². The van der Waals surface area contributed by atoms with E-state index in [0.717, 1.165) is 50.0 Å². The number of carbonyl (C=O) groups is 2. The van der Waals surface area contributed by atoms with Crippen molar-refractivity contribution in [1.82, 2.24) is 0 Å². The van der Waals surface area contributed by atoms with Crippen molar-refractivity contribution >= 4 is 11.9 Å². The minimum atomic E-state index is -5.20. The second-order valence-corrected chi connectivity index (χ2v) is 12.3. The molecule has 0 heterocycles. The molecule has 0 aliphatic heterocycles. The van der Waals surface area contributed by atoms with Crippen molar-refractivity contribution in [3.05, 3.63) is 89.0 Å². The second-order valence-electron chi connectivity index (χ2n) is 12.3. The Kier molecular flexibility index (Phi) is 15.4. The number of hydrogen-bond donors (Lipinski definition) is 1. The number of hydrogen-bond acceptors (Lipinski definition) is 5. The van der Waals surface area contributed by atoms with E-state index in [9.17, 15) is 41.0 Å². The predicted molar refractivity (Wildman–Crippen MR) is 177 cm³/mol. The van der Waals surface area contributed by atoms with Gasteiger partial charge in [0.05, 0.1) is 17.7 Å². The summed E-state index contributed by atoms with van der Waals surface area (Å²) < 4.78 is 102. The van der Waals surface area contributed by atoms with Gasteiger partial charge in [-0.3, -0.25) is 4.79 Å². The molecule has 0 aromatic heterocycles. The maximum atomic E-state index is 14.8. The molecule has 0 amide bonds. The van der Waals surface area contributed by atoms with Gasteiger partial charge in [-0.15, -0.1) is 0 Å². The highest BCUT2D eigenvalue weighted by Gasteiger charge is 2.56. The van der Waals surface area contributed by atoms with E-state index in [-0.39, 0.29) is 6.42 Å². The first-order valence-electron chi connectivity index (χ1n) is 17.2. The number of alkyl halides is 6. The number of benzene rings is 2. The van der Waals surface area contributed by atoms with Crippen molar-refractivity contribution in [2.75, 3.05) is 19.8 Å². The molecular weight excluding hydrogens is 666 g/mol. The van der Waals surface area contributed by atoms with Crippen LogP contribution in [-0.4, -0.2) is 55.3 Å². The molecule has 2 aromatic rings. The summed E-state index contributed by atoms with van der Waals surface area (Å²) in [7, 11) is 0. The number of ether oxygens (including phenoxy) is 3. The fraction of sp³-hybridized carbons (Fsp3) is 0.526. The van der Waals surface area contributed by atoms with Crippen LogP contribution in [0, 0.1) is 0 Å². The first kappa shape index (κ1) is 40.6. The van der Waals surface area contributed by atoms with E-state index in [1.54, 1.807) is 31.2 Å². The normalized spacial score (nSPS) is 18.4. The average Bonchev–Trinajstić information content (AvgIpc) is 3.07. The van der Waals surface area contributed by atoms with Gasteiger partial charge in [0.25, 0.3) is 0 Å². The van der Waals surface area contributed by atoms with Crippen LogP contribution in [0.2, 0.25) is 0 Å². The van der Waals surface area contributed by atoms with Crippen molar-refractivity contribution in [3.8, 4) is 5.75 Å². The summed E-state index contributed by atoms with van der Waals surface area (Å²) in [4.78, 5) is 26.1. The minimum Gasteiger partial charge on any atom is -0.494 e. The Hall–Kier alpha value is -3.80. The Labute approximate surface area is 289 Å². The molecule has 50 heavy (non-hydrogen) atoms. The van der Waals surface area contributed by atoms with Gasteiger partial charge in [0.15, 0.2) is 6.10 Å². The topological polar surface area (TPSA) is 82.1 Å². The van der Waals surface area contributed by atoms with E-state index in [1.165, 1.54) is 31.1 Å². The van der Waals surface area contributed by atoms with Crippen molar-refractivity contribution in [2.45, 2.75) is 108 Å². The number of aliphatic carboxylic acids is 1. The molecule has 1 aliphatic rings. The number of halogens is 6. The number of carbonyl (C=O) groups excluding carboxylic acids is 1. The standard InChI is InChI=1S/C38H46F6O6/c1-3-5-6-7-8-14-25-49-29-20-18-27(19-21-29)28-22-23-36(35(46)47,32(26-28)37(39,40)41)31-16-12-11-15-30(31)34(45)50-33(38(42,43)44)17-10-9-13-24-48-4-2/h11-12,15-16,18-23,26,28,33H,3-10,13-14,17,24-25H2,1-2H3,(H,46,47). The maximum Gasteiger partial charge on any atom is 0.425 e. The van der Waals surface area contributed by atoms with Crippen LogP contribution in [0.3, 0.4) is 0 Å². The lowest BCUT2D eigenvalue weighted by atomic mass is 9.67. The summed E-state index contributed by atoms with van der Waals surface area (Å²) in [6.45, 7) is 5.24. The molecule has 6 nitrogen and oxygen atoms in total. The monoisotopic (exact) mass is 712 g/mol. The zero-order chi connectivity index (χ0) is 36.8.